The maximum absolute atomic E-state index is 10.9. The number of halogens is 2. The molecule has 0 aromatic heterocycles. The van der Waals surface area contributed by atoms with Gasteiger partial charge in [0.1, 0.15) is 11.5 Å². The van der Waals surface area contributed by atoms with Crippen LogP contribution < -0.4 is 10.5 Å². The number of ether oxygens (including phenoxy) is 1. The van der Waals surface area contributed by atoms with E-state index in [0.717, 1.165) is 22.3 Å². The second-order valence-corrected chi connectivity index (χ2v) is 7.21. The van der Waals surface area contributed by atoms with Crippen LogP contribution in [0.25, 0.3) is 11.1 Å². The van der Waals surface area contributed by atoms with Gasteiger partial charge in [-0.3, -0.25) is 4.79 Å². The zero-order valence-corrected chi connectivity index (χ0v) is 16.7. The van der Waals surface area contributed by atoms with Gasteiger partial charge in [-0.25, -0.2) is 0 Å². The van der Waals surface area contributed by atoms with Crippen LogP contribution in [0.5, 0.6) is 11.5 Å². The first-order valence-electron chi connectivity index (χ1n) is 8.62. The summed E-state index contributed by atoms with van der Waals surface area (Å²) in [5.74, 6) is 0.0556. The molecule has 0 fully saturated rings. The van der Waals surface area contributed by atoms with Gasteiger partial charge in [0, 0.05) is 22.6 Å². The van der Waals surface area contributed by atoms with Gasteiger partial charge in [-0.2, -0.15) is 0 Å². The molecule has 0 aliphatic heterocycles. The van der Waals surface area contributed by atoms with Gasteiger partial charge in [-0.1, -0.05) is 59.6 Å². The van der Waals surface area contributed by atoms with Crippen molar-refractivity contribution in [2.75, 3.05) is 6.61 Å². The fraction of sp³-hybridized carbons (Fsp3) is 0.136. The Morgan fingerprint density at radius 3 is 2.50 bits per heavy atom. The number of hydrogen-bond donors (Lipinski definition) is 2. The Hall–Kier alpha value is -2.69. The smallest absolute Gasteiger partial charge is 0.255 e. The molecule has 3 aromatic carbocycles. The summed E-state index contributed by atoms with van der Waals surface area (Å²) in [5, 5.41) is 11.1. The van der Waals surface area contributed by atoms with Gasteiger partial charge in [0.05, 0.1) is 5.02 Å². The third-order valence-corrected chi connectivity index (χ3v) is 5.26. The van der Waals surface area contributed by atoms with Gasteiger partial charge < -0.3 is 15.6 Å². The third kappa shape index (κ3) is 4.41. The van der Waals surface area contributed by atoms with E-state index in [1.54, 1.807) is 19.1 Å². The first-order valence-corrected chi connectivity index (χ1v) is 9.38. The number of carbonyl (C=O) groups excluding carboxylic acids is 1. The van der Waals surface area contributed by atoms with Crippen LogP contribution in [0.1, 0.15) is 16.7 Å². The highest BCUT2D eigenvalue weighted by atomic mass is 35.5. The normalized spacial score (nSPS) is 10.7. The Labute approximate surface area is 173 Å². The Bertz CT molecular complexity index is 1020. The number of nitrogens with two attached hydrogens (primary N) is 1. The first kappa shape index (κ1) is 20.1. The van der Waals surface area contributed by atoms with Gasteiger partial charge in [-0.15, -0.1) is 0 Å². The molecule has 0 unspecified atom stereocenters. The summed E-state index contributed by atoms with van der Waals surface area (Å²) >= 11 is 13.0. The van der Waals surface area contributed by atoms with Crippen LogP contribution in [0.4, 0.5) is 0 Å². The van der Waals surface area contributed by atoms with Crippen LogP contribution >= 0.6 is 23.2 Å². The summed E-state index contributed by atoms with van der Waals surface area (Å²) in [5.41, 5.74) is 9.17. The highest BCUT2D eigenvalue weighted by molar-refractivity contribution is 6.36. The van der Waals surface area contributed by atoms with Crippen molar-refractivity contribution < 1.29 is 14.6 Å². The summed E-state index contributed by atoms with van der Waals surface area (Å²) in [4.78, 5) is 10.9. The molecule has 0 saturated heterocycles. The summed E-state index contributed by atoms with van der Waals surface area (Å²) in [7, 11) is 0. The zero-order valence-electron chi connectivity index (χ0n) is 15.2. The first-order chi connectivity index (χ1) is 13.4. The van der Waals surface area contributed by atoms with Crippen LogP contribution in [0.15, 0.2) is 54.6 Å². The monoisotopic (exact) mass is 415 g/mol. The van der Waals surface area contributed by atoms with E-state index in [-0.39, 0.29) is 12.4 Å². The Balaban J connectivity index is 1.94. The molecular weight excluding hydrogens is 397 g/mol. The fourth-order valence-corrected chi connectivity index (χ4v) is 3.53. The van der Waals surface area contributed by atoms with Crippen molar-refractivity contribution in [2.24, 2.45) is 5.73 Å². The Morgan fingerprint density at radius 2 is 1.82 bits per heavy atom. The van der Waals surface area contributed by atoms with E-state index in [0.29, 0.717) is 27.8 Å². The van der Waals surface area contributed by atoms with Crippen molar-refractivity contribution in [1.29, 1.82) is 0 Å². The standard InChI is InChI=1S/C22H19Cl2NO3/c1-13-20(28-12-21(25)27)11-18(23)17(22(13)24)10-14-7-8-19(26)16(9-14)15-5-3-2-4-6-15/h2-9,11,26H,10,12H2,1H3,(H2,25,27). The lowest BCUT2D eigenvalue weighted by molar-refractivity contribution is -0.119. The minimum Gasteiger partial charge on any atom is -0.507 e. The molecule has 3 rings (SSSR count). The van der Waals surface area contributed by atoms with Crippen LogP contribution in [-0.2, 0) is 11.2 Å². The summed E-state index contributed by atoms with van der Waals surface area (Å²) in [6, 6.07) is 16.7. The molecule has 0 atom stereocenters. The average molecular weight is 416 g/mol. The van der Waals surface area contributed by atoms with Gasteiger partial charge >= 0.3 is 0 Å². The molecule has 4 nitrogen and oxygen atoms in total. The van der Waals surface area contributed by atoms with E-state index in [2.05, 4.69) is 0 Å². The minimum atomic E-state index is -0.576. The molecule has 0 aliphatic rings. The molecule has 0 aliphatic carbocycles. The number of phenols is 1. The van der Waals surface area contributed by atoms with E-state index in [4.69, 9.17) is 33.7 Å². The van der Waals surface area contributed by atoms with Gasteiger partial charge in [-0.05, 0) is 41.8 Å². The SMILES string of the molecule is Cc1c(OCC(N)=O)cc(Cl)c(Cc2ccc(O)c(-c3ccccc3)c2)c1Cl. The second-order valence-electron chi connectivity index (χ2n) is 6.42. The number of rotatable bonds is 6. The lowest BCUT2D eigenvalue weighted by Crippen LogP contribution is -2.20. The number of primary amides is 1. The van der Waals surface area contributed by atoms with Crippen LogP contribution in [0.3, 0.4) is 0 Å². The van der Waals surface area contributed by atoms with E-state index in [9.17, 15) is 9.90 Å². The number of amides is 1. The van der Waals surface area contributed by atoms with Crippen molar-refractivity contribution in [2.45, 2.75) is 13.3 Å². The van der Waals surface area contributed by atoms with Crippen molar-refractivity contribution >= 4 is 29.1 Å². The Kier molecular flexibility index (Phi) is 6.12. The molecule has 1 amide bonds. The van der Waals surface area contributed by atoms with Gasteiger partial charge in [0.15, 0.2) is 6.61 Å². The molecule has 3 aromatic rings. The fourth-order valence-electron chi connectivity index (χ4n) is 2.96. The molecule has 0 saturated carbocycles. The van der Waals surface area contributed by atoms with Crippen molar-refractivity contribution in [1.82, 2.24) is 0 Å². The van der Waals surface area contributed by atoms with Crippen molar-refractivity contribution in [3.63, 3.8) is 0 Å². The third-order valence-electron chi connectivity index (χ3n) is 4.41. The molecule has 3 N–H and O–H groups in total. The highest BCUT2D eigenvalue weighted by Crippen LogP contribution is 2.37. The minimum absolute atomic E-state index is 0.207. The predicted octanol–water partition coefficient (Wildman–Crippen LogP) is 5.13. The topological polar surface area (TPSA) is 72.5 Å². The summed E-state index contributed by atoms with van der Waals surface area (Å²) < 4.78 is 5.38. The zero-order chi connectivity index (χ0) is 20.3. The van der Waals surface area contributed by atoms with Crippen molar-refractivity contribution in [3.05, 3.63) is 81.3 Å². The quantitative estimate of drug-likeness (QED) is 0.585. The number of carbonyl (C=O) groups is 1. The maximum atomic E-state index is 10.9. The second kappa shape index (κ2) is 8.55. The maximum Gasteiger partial charge on any atom is 0.255 e. The largest absolute Gasteiger partial charge is 0.507 e. The Morgan fingerprint density at radius 1 is 1.11 bits per heavy atom. The van der Waals surface area contributed by atoms with Crippen LogP contribution in [0, 0.1) is 6.92 Å². The summed E-state index contributed by atoms with van der Waals surface area (Å²) in [6.07, 6.45) is 0.481. The van der Waals surface area contributed by atoms with Gasteiger partial charge in [0.2, 0.25) is 0 Å². The summed E-state index contributed by atoms with van der Waals surface area (Å²) in [6.45, 7) is 1.55. The number of phenolic OH excluding ortho intramolecular Hbond substituents is 1. The lowest BCUT2D eigenvalue weighted by atomic mass is 9.97. The molecule has 28 heavy (non-hydrogen) atoms. The van der Waals surface area contributed by atoms with E-state index >= 15 is 0 Å². The molecular formula is C22H19Cl2NO3. The predicted molar refractivity (Wildman–Crippen MR) is 112 cm³/mol. The van der Waals surface area contributed by atoms with Crippen LogP contribution in [0.2, 0.25) is 10.0 Å². The lowest BCUT2D eigenvalue weighted by Gasteiger charge is -2.15. The molecule has 0 radical (unpaired) electrons. The number of hydrogen-bond acceptors (Lipinski definition) is 3. The highest BCUT2D eigenvalue weighted by Gasteiger charge is 2.16. The molecule has 144 valence electrons. The van der Waals surface area contributed by atoms with E-state index in [1.807, 2.05) is 42.5 Å². The van der Waals surface area contributed by atoms with Crippen molar-refractivity contribution in [3.8, 4) is 22.6 Å². The molecule has 6 heteroatoms. The number of benzene rings is 3. The molecule has 0 bridgehead atoms. The molecule has 0 spiro atoms. The molecule has 0 heterocycles. The van der Waals surface area contributed by atoms with E-state index < -0.39 is 5.91 Å². The number of aromatic hydroxyl groups is 1. The average Bonchev–Trinajstić information content (AvgIpc) is 2.68. The van der Waals surface area contributed by atoms with Gasteiger partial charge in [0.25, 0.3) is 5.91 Å². The van der Waals surface area contributed by atoms with E-state index in [1.165, 1.54) is 0 Å². The van der Waals surface area contributed by atoms with Crippen LogP contribution in [-0.4, -0.2) is 17.6 Å².